The molecule has 5 fully saturated rings. The number of alkyl halides is 3. The zero-order valence-electron chi connectivity index (χ0n) is 19.3. The van der Waals surface area contributed by atoms with Crippen LogP contribution in [0.4, 0.5) is 24.5 Å². The second-order valence-corrected chi connectivity index (χ2v) is 10.6. The highest BCUT2D eigenvalue weighted by Gasteiger charge is 2.54. The molecule has 6 rings (SSSR count). The molecule has 1 heterocycles. The predicted molar refractivity (Wildman–Crippen MR) is 121 cm³/mol. The van der Waals surface area contributed by atoms with Crippen LogP contribution in [0.3, 0.4) is 0 Å². The summed E-state index contributed by atoms with van der Waals surface area (Å²) >= 11 is 0. The Morgan fingerprint density at radius 3 is 2.24 bits per heavy atom. The number of carbonyl (C=O) groups is 2. The molecule has 0 aromatic heterocycles. The van der Waals surface area contributed by atoms with Gasteiger partial charge in [-0.15, -0.1) is 0 Å². The van der Waals surface area contributed by atoms with Gasteiger partial charge in [0.2, 0.25) is 11.8 Å². The van der Waals surface area contributed by atoms with Gasteiger partial charge in [-0.25, -0.2) is 0 Å². The number of halogens is 3. The van der Waals surface area contributed by atoms with Gasteiger partial charge in [-0.2, -0.15) is 13.2 Å². The number of nitrogens with zero attached hydrogens (tertiary/aromatic N) is 1. The van der Waals surface area contributed by atoms with Gasteiger partial charge in [-0.1, -0.05) is 0 Å². The van der Waals surface area contributed by atoms with Crippen LogP contribution < -0.4 is 15.5 Å². The third-order valence-corrected chi connectivity index (χ3v) is 8.11. The van der Waals surface area contributed by atoms with Gasteiger partial charge in [0, 0.05) is 31.5 Å². The number of hydrogen-bond donors (Lipinski definition) is 2. The van der Waals surface area contributed by atoms with E-state index in [-0.39, 0.29) is 30.0 Å². The van der Waals surface area contributed by atoms with E-state index in [0.717, 1.165) is 31.4 Å². The molecule has 2 amide bonds. The molecule has 0 unspecified atom stereocenters. The smallest absolute Gasteiger partial charge is 0.378 e. The quantitative estimate of drug-likeness (QED) is 0.642. The van der Waals surface area contributed by atoms with E-state index in [9.17, 15) is 22.8 Å². The van der Waals surface area contributed by atoms with Crippen molar-refractivity contribution in [1.29, 1.82) is 0 Å². The van der Waals surface area contributed by atoms with E-state index < -0.39 is 17.6 Å². The molecule has 4 bridgehead atoms. The summed E-state index contributed by atoms with van der Waals surface area (Å²) in [6, 6.07) is 3.42. The monoisotopic (exact) mass is 479 g/mol. The molecule has 1 aromatic carbocycles. The minimum Gasteiger partial charge on any atom is -0.378 e. The lowest BCUT2D eigenvalue weighted by atomic mass is 9.49. The summed E-state index contributed by atoms with van der Waals surface area (Å²) in [6.45, 7) is 2.21. The number of ether oxygens (including phenoxy) is 1. The van der Waals surface area contributed by atoms with Gasteiger partial charge in [0.15, 0.2) is 0 Å². The summed E-state index contributed by atoms with van der Waals surface area (Å²) < 4.78 is 45.2. The number of benzene rings is 1. The first-order valence-electron chi connectivity index (χ1n) is 12.3. The summed E-state index contributed by atoms with van der Waals surface area (Å²) in [5, 5.41) is 5.62. The van der Waals surface area contributed by atoms with Crippen molar-refractivity contribution in [3.05, 3.63) is 23.8 Å². The molecule has 2 N–H and O–H groups in total. The molecule has 0 atom stereocenters. The minimum atomic E-state index is -4.51. The highest BCUT2D eigenvalue weighted by Crippen LogP contribution is 2.60. The minimum absolute atomic E-state index is 0.0108. The van der Waals surface area contributed by atoms with Crippen molar-refractivity contribution in [2.24, 2.45) is 23.2 Å². The number of nitrogens with one attached hydrogen (secondary N) is 2. The molecule has 6 nitrogen and oxygen atoms in total. The molecule has 5 aliphatic rings. The zero-order chi connectivity index (χ0) is 23.9. The Labute approximate surface area is 197 Å². The summed E-state index contributed by atoms with van der Waals surface area (Å²) in [5.41, 5.74) is -0.415. The van der Waals surface area contributed by atoms with Crippen molar-refractivity contribution in [2.75, 3.05) is 43.1 Å². The van der Waals surface area contributed by atoms with Crippen molar-refractivity contribution in [2.45, 2.75) is 51.1 Å². The van der Waals surface area contributed by atoms with Crippen LogP contribution in [0, 0.1) is 23.2 Å². The van der Waals surface area contributed by atoms with Crippen molar-refractivity contribution in [1.82, 2.24) is 5.32 Å². The summed E-state index contributed by atoms with van der Waals surface area (Å²) in [5.74, 6) is 1.59. The van der Waals surface area contributed by atoms with Crippen LogP contribution in [0.25, 0.3) is 0 Å². The third-order valence-electron chi connectivity index (χ3n) is 8.11. The molecular formula is C25H32F3N3O3. The summed E-state index contributed by atoms with van der Waals surface area (Å²) in [6.07, 6.45) is 2.09. The van der Waals surface area contributed by atoms with Gasteiger partial charge in [-0.05, 0) is 74.5 Å². The van der Waals surface area contributed by atoms with Gasteiger partial charge in [0.05, 0.1) is 30.2 Å². The lowest BCUT2D eigenvalue weighted by Gasteiger charge is -2.55. The normalized spacial score (nSPS) is 30.3. The molecule has 1 saturated heterocycles. The van der Waals surface area contributed by atoms with E-state index in [1.54, 1.807) is 0 Å². The fourth-order valence-electron chi connectivity index (χ4n) is 6.97. The van der Waals surface area contributed by atoms with E-state index in [0.29, 0.717) is 49.7 Å². The molecule has 0 radical (unpaired) electrons. The summed E-state index contributed by atoms with van der Waals surface area (Å²) in [7, 11) is 0. The van der Waals surface area contributed by atoms with Crippen LogP contribution in [0.5, 0.6) is 0 Å². The van der Waals surface area contributed by atoms with Crippen molar-refractivity contribution in [3.8, 4) is 0 Å². The largest absolute Gasteiger partial charge is 0.416 e. The van der Waals surface area contributed by atoms with Crippen LogP contribution in [0.15, 0.2) is 18.2 Å². The average Bonchev–Trinajstić information content (AvgIpc) is 2.78. The van der Waals surface area contributed by atoms with Crippen LogP contribution in [0.1, 0.15) is 50.5 Å². The maximum atomic E-state index is 13.3. The van der Waals surface area contributed by atoms with Crippen molar-refractivity contribution >= 4 is 23.2 Å². The van der Waals surface area contributed by atoms with Crippen molar-refractivity contribution < 1.29 is 27.5 Å². The Morgan fingerprint density at radius 2 is 1.65 bits per heavy atom. The first kappa shape index (κ1) is 23.5. The van der Waals surface area contributed by atoms with E-state index >= 15 is 0 Å². The second kappa shape index (κ2) is 9.06. The fourth-order valence-corrected chi connectivity index (χ4v) is 6.97. The number of anilines is 2. The van der Waals surface area contributed by atoms with Gasteiger partial charge >= 0.3 is 6.18 Å². The molecule has 4 aliphatic carbocycles. The Hall–Kier alpha value is -2.29. The third kappa shape index (κ3) is 4.76. The van der Waals surface area contributed by atoms with Gasteiger partial charge in [0.1, 0.15) is 0 Å². The number of carbonyl (C=O) groups excluding carboxylic acids is 2. The molecule has 34 heavy (non-hydrogen) atoms. The lowest BCUT2D eigenvalue weighted by molar-refractivity contribution is -0.146. The van der Waals surface area contributed by atoms with Gasteiger partial charge in [-0.3, -0.25) is 9.59 Å². The number of amides is 2. The molecule has 9 heteroatoms. The van der Waals surface area contributed by atoms with E-state index in [1.807, 2.05) is 4.90 Å². The standard InChI is InChI=1S/C25H32F3N3O3/c26-25(27,28)19-1-2-21(31-5-7-34-8-6-31)20(12-19)30-22(32)3-4-29-23(33)24-13-16-9-17(14-24)11-18(10-16)15-24/h1-2,12,16-18H,3-11,13-15H2,(H,29,33)(H,30,32). The predicted octanol–water partition coefficient (Wildman–Crippen LogP) is 4.20. The van der Waals surface area contributed by atoms with E-state index in [2.05, 4.69) is 10.6 Å². The highest BCUT2D eigenvalue weighted by atomic mass is 19.4. The maximum absolute atomic E-state index is 13.3. The molecule has 186 valence electrons. The lowest BCUT2D eigenvalue weighted by Crippen LogP contribution is -2.53. The molecule has 4 saturated carbocycles. The zero-order valence-corrected chi connectivity index (χ0v) is 19.3. The summed E-state index contributed by atoms with van der Waals surface area (Å²) in [4.78, 5) is 27.6. The Bertz CT molecular complexity index is 908. The molecule has 1 aliphatic heterocycles. The Balaban J connectivity index is 1.20. The first-order valence-corrected chi connectivity index (χ1v) is 12.3. The SMILES string of the molecule is O=C(CCNC(=O)C12CC3CC(CC(C3)C1)C2)Nc1cc(C(F)(F)F)ccc1N1CCOCC1. The number of morpholine rings is 1. The number of rotatable bonds is 6. The Morgan fingerprint density at radius 1 is 1.03 bits per heavy atom. The highest BCUT2D eigenvalue weighted by molar-refractivity contribution is 5.95. The molecule has 0 spiro atoms. The van der Waals surface area contributed by atoms with E-state index in [4.69, 9.17) is 4.74 Å². The van der Waals surface area contributed by atoms with Crippen LogP contribution in [0.2, 0.25) is 0 Å². The molecule has 1 aromatic rings. The number of hydrogen-bond acceptors (Lipinski definition) is 4. The van der Waals surface area contributed by atoms with Crippen molar-refractivity contribution in [3.63, 3.8) is 0 Å². The first-order chi connectivity index (χ1) is 16.2. The maximum Gasteiger partial charge on any atom is 0.416 e. The molecular weight excluding hydrogens is 447 g/mol. The van der Waals surface area contributed by atoms with E-state index in [1.165, 1.54) is 25.3 Å². The van der Waals surface area contributed by atoms with Crippen LogP contribution in [-0.2, 0) is 20.5 Å². The van der Waals surface area contributed by atoms with Gasteiger partial charge < -0.3 is 20.3 Å². The van der Waals surface area contributed by atoms with Crippen LogP contribution >= 0.6 is 0 Å². The Kier molecular flexibility index (Phi) is 6.25. The van der Waals surface area contributed by atoms with Crippen LogP contribution in [-0.4, -0.2) is 44.7 Å². The van der Waals surface area contributed by atoms with Gasteiger partial charge in [0.25, 0.3) is 0 Å². The fraction of sp³-hybridized carbons (Fsp3) is 0.680. The topological polar surface area (TPSA) is 70.7 Å². The second-order valence-electron chi connectivity index (χ2n) is 10.6. The average molecular weight is 480 g/mol.